The van der Waals surface area contributed by atoms with Gasteiger partial charge >= 0.3 is 0 Å². The predicted molar refractivity (Wildman–Crippen MR) is 75.2 cm³/mol. The van der Waals surface area contributed by atoms with Gasteiger partial charge in [-0.05, 0) is 45.7 Å². The minimum atomic E-state index is -0.470. The number of piperidine rings is 1. The summed E-state index contributed by atoms with van der Waals surface area (Å²) >= 11 is 0. The average Bonchev–Trinajstić information content (AvgIpc) is 3.23. The Morgan fingerprint density at radius 3 is 2.60 bits per heavy atom. The molecule has 1 unspecified atom stereocenters. The molecule has 0 radical (unpaired) electrons. The van der Waals surface area contributed by atoms with Crippen molar-refractivity contribution in [2.24, 2.45) is 0 Å². The maximum Gasteiger partial charge on any atom is 0.242 e. The fraction of sp³-hybridized carbons (Fsp3) is 0.857. The third-order valence-electron chi connectivity index (χ3n) is 3.66. The molecule has 6 nitrogen and oxygen atoms in total. The van der Waals surface area contributed by atoms with Crippen LogP contribution in [0.2, 0.25) is 0 Å². The number of carbonyl (C=O) groups excluding carboxylic acids is 2. The Morgan fingerprint density at radius 1 is 1.25 bits per heavy atom. The van der Waals surface area contributed by atoms with Gasteiger partial charge in [-0.3, -0.25) is 9.59 Å². The highest BCUT2D eigenvalue weighted by atomic mass is 16.5. The molecule has 2 fully saturated rings. The van der Waals surface area contributed by atoms with E-state index in [1.807, 2.05) is 0 Å². The maximum absolute atomic E-state index is 11.7. The molecule has 0 aromatic heterocycles. The van der Waals surface area contributed by atoms with Crippen LogP contribution in [0.4, 0.5) is 0 Å². The molecule has 114 valence electrons. The zero-order valence-electron chi connectivity index (χ0n) is 12.1. The average molecular weight is 283 g/mol. The van der Waals surface area contributed by atoms with E-state index in [0.717, 1.165) is 38.8 Å². The van der Waals surface area contributed by atoms with Gasteiger partial charge in [-0.25, -0.2) is 0 Å². The van der Waals surface area contributed by atoms with E-state index in [9.17, 15) is 9.59 Å². The molecule has 6 heteroatoms. The summed E-state index contributed by atoms with van der Waals surface area (Å²) in [5, 5.41) is 8.85. The lowest BCUT2D eigenvalue weighted by molar-refractivity contribution is -0.129. The van der Waals surface area contributed by atoms with Crippen molar-refractivity contribution in [1.29, 1.82) is 0 Å². The third-order valence-corrected chi connectivity index (χ3v) is 3.66. The van der Waals surface area contributed by atoms with Crippen molar-refractivity contribution >= 4 is 11.8 Å². The van der Waals surface area contributed by atoms with Crippen molar-refractivity contribution in [2.75, 3.05) is 19.7 Å². The zero-order chi connectivity index (χ0) is 14.4. The molecule has 20 heavy (non-hydrogen) atoms. The second-order valence-electron chi connectivity index (χ2n) is 5.64. The Balaban J connectivity index is 1.55. The van der Waals surface area contributed by atoms with Gasteiger partial charge in [-0.15, -0.1) is 0 Å². The lowest BCUT2D eigenvalue weighted by Gasteiger charge is -2.23. The van der Waals surface area contributed by atoms with Gasteiger partial charge in [0.15, 0.2) is 0 Å². The first-order valence-corrected chi connectivity index (χ1v) is 7.57. The summed E-state index contributed by atoms with van der Waals surface area (Å²) in [4.78, 5) is 23.4. The molecule has 1 aliphatic heterocycles. The van der Waals surface area contributed by atoms with Gasteiger partial charge in [-0.2, -0.15) is 0 Å². The van der Waals surface area contributed by atoms with Gasteiger partial charge < -0.3 is 20.7 Å². The molecule has 1 heterocycles. The fourth-order valence-corrected chi connectivity index (χ4v) is 2.21. The molecule has 1 aliphatic carbocycles. The van der Waals surface area contributed by atoms with E-state index >= 15 is 0 Å². The first-order valence-electron chi connectivity index (χ1n) is 7.57. The topological polar surface area (TPSA) is 79.5 Å². The highest BCUT2D eigenvalue weighted by Crippen LogP contribution is 2.18. The lowest BCUT2D eigenvalue weighted by atomic mass is 10.1. The molecule has 2 rings (SSSR count). The van der Waals surface area contributed by atoms with Gasteiger partial charge in [0, 0.05) is 12.5 Å². The van der Waals surface area contributed by atoms with Crippen molar-refractivity contribution in [3.8, 4) is 0 Å². The van der Waals surface area contributed by atoms with Crippen LogP contribution in [0.3, 0.4) is 0 Å². The lowest BCUT2D eigenvalue weighted by Crippen LogP contribution is -2.45. The molecule has 3 N–H and O–H groups in total. The van der Waals surface area contributed by atoms with Gasteiger partial charge in [0.1, 0.15) is 6.04 Å². The minimum absolute atomic E-state index is 0.0971. The molecule has 0 bridgehead atoms. The van der Waals surface area contributed by atoms with Crippen molar-refractivity contribution < 1.29 is 14.3 Å². The van der Waals surface area contributed by atoms with Crippen LogP contribution in [0.25, 0.3) is 0 Å². The molecule has 1 saturated heterocycles. The number of carbonyl (C=O) groups is 2. The summed E-state index contributed by atoms with van der Waals surface area (Å²) in [5.41, 5.74) is 0. The molecule has 2 amide bonds. The number of amides is 2. The largest absolute Gasteiger partial charge is 0.378 e. The first-order chi connectivity index (χ1) is 9.65. The van der Waals surface area contributed by atoms with E-state index in [4.69, 9.17) is 4.74 Å². The quantitative estimate of drug-likeness (QED) is 0.611. The Morgan fingerprint density at radius 2 is 1.95 bits per heavy atom. The summed E-state index contributed by atoms with van der Waals surface area (Å²) in [6.45, 7) is 4.10. The Labute approximate surface area is 120 Å². The smallest absolute Gasteiger partial charge is 0.242 e. The van der Waals surface area contributed by atoms with E-state index in [0.29, 0.717) is 19.1 Å². The van der Waals surface area contributed by atoms with Crippen LogP contribution in [-0.4, -0.2) is 49.7 Å². The summed E-state index contributed by atoms with van der Waals surface area (Å²) in [7, 11) is 0. The van der Waals surface area contributed by atoms with Crippen LogP contribution in [0.5, 0.6) is 0 Å². The standard InChI is InChI=1S/C14H25N3O3/c1-10(14(19)17-11-2-3-11)16-13(18)6-9-20-12-4-7-15-8-5-12/h10-12,15H,2-9H2,1H3,(H,16,18)(H,17,19). The van der Waals surface area contributed by atoms with Gasteiger partial charge in [0.05, 0.1) is 12.7 Å². The van der Waals surface area contributed by atoms with Crippen molar-refractivity contribution in [3.05, 3.63) is 0 Å². The minimum Gasteiger partial charge on any atom is -0.378 e. The predicted octanol–water partition coefficient (Wildman–Crippen LogP) is -0.0716. The van der Waals surface area contributed by atoms with Crippen molar-refractivity contribution in [3.63, 3.8) is 0 Å². The zero-order valence-corrected chi connectivity index (χ0v) is 12.1. The summed E-state index contributed by atoms with van der Waals surface area (Å²) in [6.07, 6.45) is 4.68. The molecule has 1 atom stereocenters. The normalized spacial score (nSPS) is 21.2. The Bertz CT molecular complexity index is 339. The van der Waals surface area contributed by atoms with Crippen molar-refractivity contribution in [1.82, 2.24) is 16.0 Å². The van der Waals surface area contributed by atoms with Gasteiger partial charge in [-0.1, -0.05) is 0 Å². The van der Waals surface area contributed by atoms with Crippen LogP contribution in [0.15, 0.2) is 0 Å². The van der Waals surface area contributed by atoms with Crippen LogP contribution in [0, 0.1) is 0 Å². The summed E-state index contributed by atoms with van der Waals surface area (Å²) in [6, 6.07) is -0.146. The molecule has 0 aromatic rings. The molecular formula is C14H25N3O3. The van der Waals surface area contributed by atoms with E-state index < -0.39 is 6.04 Å². The molecule has 1 saturated carbocycles. The number of nitrogens with one attached hydrogen (secondary N) is 3. The monoisotopic (exact) mass is 283 g/mol. The summed E-state index contributed by atoms with van der Waals surface area (Å²) in [5.74, 6) is -0.225. The maximum atomic E-state index is 11.7. The van der Waals surface area contributed by atoms with E-state index in [1.165, 1.54) is 0 Å². The third kappa shape index (κ3) is 5.46. The van der Waals surface area contributed by atoms with Crippen LogP contribution >= 0.6 is 0 Å². The number of hydrogen-bond acceptors (Lipinski definition) is 4. The highest BCUT2D eigenvalue weighted by molar-refractivity contribution is 5.87. The Kier molecular flexibility index (Phi) is 5.79. The Hall–Kier alpha value is -1.14. The van der Waals surface area contributed by atoms with E-state index in [2.05, 4.69) is 16.0 Å². The second-order valence-corrected chi connectivity index (χ2v) is 5.64. The summed E-state index contributed by atoms with van der Waals surface area (Å²) < 4.78 is 5.67. The van der Waals surface area contributed by atoms with Gasteiger partial charge in [0.25, 0.3) is 0 Å². The van der Waals surface area contributed by atoms with E-state index in [1.54, 1.807) is 6.92 Å². The second kappa shape index (κ2) is 7.59. The number of rotatable bonds is 7. The molecule has 0 spiro atoms. The van der Waals surface area contributed by atoms with Gasteiger partial charge in [0.2, 0.25) is 11.8 Å². The SMILES string of the molecule is CC(NC(=O)CCOC1CCNCC1)C(=O)NC1CC1. The molecular weight excluding hydrogens is 258 g/mol. The first kappa shape index (κ1) is 15.3. The van der Waals surface area contributed by atoms with Crippen LogP contribution in [-0.2, 0) is 14.3 Å². The van der Waals surface area contributed by atoms with Crippen molar-refractivity contribution in [2.45, 2.75) is 57.2 Å². The number of ether oxygens (including phenoxy) is 1. The highest BCUT2D eigenvalue weighted by Gasteiger charge is 2.26. The molecule has 2 aliphatic rings. The van der Waals surface area contributed by atoms with E-state index in [-0.39, 0.29) is 17.9 Å². The number of hydrogen-bond donors (Lipinski definition) is 3. The van der Waals surface area contributed by atoms with Crippen LogP contribution in [0.1, 0.15) is 39.0 Å². The van der Waals surface area contributed by atoms with Crippen LogP contribution < -0.4 is 16.0 Å². The molecule has 0 aromatic carbocycles. The fourth-order valence-electron chi connectivity index (χ4n) is 2.21.